The average molecular weight is 187 g/mol. The number of rotatable bonds is 0. The van der Waals surface area contributed by atoms with Crippen LogP contribution in [0.2, 0.25) is 0 Å². The van der Waals surface area contributed by atoms with Gasteiger partial charge in [-0.3, -0.25) is 0 Å². The molecule has 3 heteroatoms. The van der Waals surface area contributed by atoms with E-state index in [4.69, 9.17) is 11.6 Å². The highest BCUT2D eigenvalue weighted by molar-refractivity contribution is 8.15. The van der Waals surface area contributed by atoms with Crippen LogP contribution >= 0.6 is 22.8 Å². The zero-order valence-corrected chi connectivity index (χ0v) is 7.31. The van der Waals surface area contributed by atoms with Gasteiger partial charge in [0.05, 0.1) is 5.03 Å². The fourth-order valence-electron chi connectivity index (χ4n) is 1.12. The van der Waals surface area contributed by atoms with E-state index in [1.807, 2.05) is 24.3 Å². The first-order valence-electron chi connectivity index (χ1n) is 3.24. The summed E-state index contributed by atoms with van der Waals surface area (Å²) in [7, 11) is 0. The van der Waals surface area contributed by atoms with Crippen LogP contribution in [0, 0.1) is 0 Å². The number of hydrogen-bond acceptors (Lipinski definition) is 1. The molecule has 1 aromatic carbocycles. The minimum Gasteiger partial charge on any atom is -0.346 e. The summed E-state index contributed by atoms with van der Waals surface area (Å²) in [5, 5.41) is 2.39. The largest absolute Gasteiger partial charge is 0.346 e. The predicted molar refractivity (Wildman–Crippen MR) is 50.2 cm³/mol. The van der Waals surface area contributed by atoms with Gasteiger partial charge in [-0.05, 0) is 11.5 Å². The number of benzene rings is 1. The second-order valence-electron chi connectivity index (χ2n) is 2.34. The van der Waals surface area contributed by atoms with Crippen LogP contribution in [0.3, 0.4) is 0 Å². The number of hydrogen-bond donors (Lipinski definition) is 2. The number of thiol groups is 1. The first-order chi connectivity index (χ1) is 5.29. The standard InChI is InChI=1S/C8H7ClOS/c9-7-5-11(10)8-4-2-1-3-6(7)8/h1-5,10-11H. The molecule has 0 radical (unpaired) electrons. The van der Waals surface area contributed by atoms with E-state index < -0.39 is 11.2 Å². The SMILES string of the molecule is O[SH]1C=C(Cl)c2ccccc21. The lowest BCUT2D eigenvalue weighted by atomic mass is 10.2. The molecule has 58 valence electrons. The second kappa shape index (κ2) is 2.55. The fraction of sp³-hybridized carbons (Fsp3) is 0. The molecule has 0 aromatic heterocycles. The molecule has 1 N–H and O–H groups in total. The molecular formula is C8H7ClOS. The van der Waals surface area contributed by atoms with E-state index in [2.05, 4.69) is 0 Å². The number of fused-ring (bicyclic) bond motifs is 1. The number of halogens is 1. The molecule has 0 saturated carbocycles. The maximum atomic E-state index is 9.46. The molecule has 11 heavy (non-hydrogen) atoms. The van der Waals surface area contributed by atoms with E-state index in [9.17, 15) is 4.55 Å². The summed E-state index contributed by atoms with van der Waals surface area (Å²) in [5.41, 5.74) is 0.975. The molecular weight excluding hydrogens is 180 g/mol. The molecule has 0 fully saturated rings. The molecule has 1 nitrogen and oxygen atoms in total. The Hall–Kier alpha value is -0.440. The van der Waals surface area contributed by atoms with E-state index >= 15 is 0 Å². The van der Waals surface area contributed by atoms with Crippen molar-refractivity contribution in [3.05, 3.63) is 35.2 Å². The van der Waals surface area contributed by atoms with Gasteiger partial charge in [0.15, 0.2) is 0 Å². The molecule has 1 aromatic rings. The summed E-state index contributed by atoms with van der Waals surface area (Å²) < 4.78 is 9.46. The van der Waals surface area contributed by atoms with Crippen LogP contribution in [-0.4, -0.2) is 4.55 Å². The maximum Gasteiger partial charge on any atom is 0.0558 e. The third-order valence-corrected chi connectivity index (χ3v) is 3.50. The highest BCUT2D eigenvalue weighted by atomic mass is 35.5. The van der Waals surface area contributed by atoms with Crippen molar-refractivity contribution >= 4 is 27.8 Å². The molecule has 1 aliphatic rings. The van der Waals surface area contributed by atoms with Crippen molar-refractivity contribution in [2.24, 2.45) is 0 Å². The maximum absolute atomic E-state index is 9.46. The summed E-state index contributed by atoms with van der Waals surface area (Å²) in [5.74, 6) is 0. The van der Waals surface area contributed by atoms with Crippen LogP contribution in [0.1, 0.15) is 5.56 Å². The lowest BCUT2D eigenvalue weighted by molar-refractivity contribution is 0.655. The molecule has 1 unspecified atom stereocenters. The van der Waals surface area contributed by atoms with Gasteiger partial charge in [-0.25, -0.2) is 0 Å². The van der Waals surface area contributed by atoms with Crippen LogP contribution in [0.5, 0.6) is 0 Å². The van der Waals surface area contributed by atoms with Gasteiger partial charge < -0.3 is 4.55 Å². The molecule has 1 heterocycles. The van der Waals surface area contributed by atoms with E-state index in [1.165, 1.54) is 0 Å². The quantitative estimate of drug-likeness (QED) is 0.597. The summed E-state index contributed by atoms with van der Waals surface area (Å²) in [6.45, 7) is 0. The molecule has 0 aliphatic carbocycles. The van der Waals surface area contributed by atoms with Crippen molar-refractivity contribution < 1.29 is 4.55 Å². The first kappa shape index (κ1) is 7.22. The van der Waals surface area contributed by atoms with Crippen LogP contribution in [0.4, 0.5) is 0 Å². The van der Waals surface area contributed by atoms with Gasteiger partial charge in [-0.2, -0.15) is 0 Å². The van der Waals surface area contributed by atoms with Crippen molar-refractivity contribution in [3.63, 3.8) is 0 Å². The Kier molecular flexibility index (Phi) is 1.68. The predicted octanol–water partition coefficient (Wildman–Crippen LogP) is 3.07. The van der Waals surface area contributed by atoms with Gasteiger partial charge in [-0.15, -0.1) is 11.2 Å². The van der Waals surface area contributed by atoms with Crippen LogP contribution in [0.25, 0.3) is 5.03 Å². The van der Waals surface area contributed by atoms with Crippen LogP contribution < -0.4 is 0 Å². The Morgan fingerprint density at radius 2 is 2.00 bits per heavy atom. The minimum atomic E-state index is -1.11. The normalized spacial score (nSPS) is 24.5. The first-order valence-corrected chi connectivity index (χ1v) is 4.98. The lowest BCUT2D eigenvalue weighted by Crippen LogP contribution is -1.76. The molecule has 2 rings (SSSR count). The molecule has 1 aliphatic heterocycles. The minimum absolute atomic E-state index is 0.675. The molecule has 0 bridgehead atoms. The molecule has 1 atom stereocenters. The average Bonchev–Trinajstić information content (AvgIpc) is 2.30. The highest BCUT2D eigenvalue weighted by Gasteiger charge is 2.16. The van der Waals surface area contributed by atoms with Crippen molar-refractivity contribution in [2.45, 2.75) is 4.90 Å². The Morgan fingerprint density at radius 1 is 1.27 bits per heavy atom. The van der Waals surface area contributed by atoms with Crippen LogP contribution in [-0.2, 0) is 0 Å². The van der Waals surface area contributed by atoms with Crippen LogP contribution in [0.15, 0.2) is 34.6 Å². The third kappa shape index (κ3) is 1.07. The summed E-state index contributed by atoms with van der Waals surface area (Å²) in [4.78, 5) is 0.965. The highest BCUT2D eigenvalue weighted by Crippen LogP contribution is 2.47. The Balaban J connectivity index is 2.62. The molecule has 0 saturated heterocycles. The van der Waals surface area contributed by atoms with Gasteiger partial charge in [0.2, 0.25) is 0 Å². The van der Waals surface area contributed by atoms with Gasteiger partial charge >= 0.3 is 0 Å². The lowest BCUT2D eigenvalue weighted by Gasteiger charge is -2.04. The Labute approximate surface area is 72.9 Å². The summed E-state index contributed by atoms with van der Waals surface area (Å²) in [6.07, 6.45) is 0. The van der Waals surface area contributed by atoms with E-state index in [-0.39, 0.29) is 0 Å². The zero-order chi connectivity index (χ0) is 7.84. The van der Waals surface area contributed by atoms with E-state index in [0.29, 0.717) is 5.03 Å². The molecule has 0 amide bonds. The Bertz CT molecular complexity index is 322. The van der Waals surface area contributed by atoms with Gasteiger partial charge in [0.1, 0.15) is 0 Å². The van der Waals surface area contributed by atoms with Crippen molar-refractivity contribution in [1.82, 2.24) is 0 Å². The van der Waals surface area contributed by atoms with E-state index in [1.54, 1.807) is 5.41 Å². The second-order valence-corrected chi connectivity index (χ2v) is 4.18. The van der Waals surface area contributed by atoms with Gasteiger partial charge in [-0.1, -0.05) is 29.8 Å². The van der Waals surface area contributed by atoms with Crippen molar-refractivity contribution in [3.8, 4) is 0 Å². The van der Waals surface area contributed by atoms with Crippen molar-refractivity contribution in [2.75, 3.05) is 0 Å². The fourth-order valence-corrected chi connectivity index (χ4v) is 2.80. The topological polar surface area (TPSA) is 20.2 Å². The van der Waals surface area contributed by atoms with Crippen molar-refractivity contribution in [1.29, 1.82) is 0 Å². The zero-order valence-electron chi connectivity index (χ0n) is 5.66. The molecule has 0 spiro atoms. The van der Waals surface area contributed by atoms with Gasteiger partial charge in [0, 0.05) is 10.5 Å². The smallest absolute Gasteiger partial charge is 0.0558 e. The summed E-state index contributed by atoms with van der Waals surface area (Å²) >= 11 is 4.74. The monoisotopic (exact) mass is 186 g/mol. The third-order valence-electron chi connectivity index (χ3n) is 1.64. The van der Waals surface area contributed by atoms with E-state index in [0.717, 1.165) is 10.5 Å². The van der Waals surface area contributed by atoms with Gasteiger partial charge in [0.25, 0.3) is 0 Å². The Morgan fingerprint density at radius 3 is 2.73 bits per heavy atom. The summed E-state index contributed by atoms with van der Waals surface area (Å²) in [6, 6.07) is 7.66.